The number of rotatable bonds is 4. The van der Waals surface area contributed by atoms with Crippen LogP contribution < -0.4 is 4.74 Å². The Balaban J connectivity index is 3.22. The summed E-state index contributed by atoms with van der Waals surface area (Å²) >= 11 is 0. The summed E-state index contributed by atoms with van der Waals surface area (Å²) in [5, 5.41) is 9.37. The minimum absolute atomic E-state index is 0.184. The minimum Gasteiger partial charge on any atom is -0.497 e. The van der Waals surface area contributed by atoms with Crippen LogP contribution in [-0.2, 0) is 5.41 Å². The molecule has 1 rings (SSSR count). The lowest BCUT2D eigenvalue weighted by Gasteiger charge is -2.27. The van der Waals surface area contributed by atoms with Gasteiger partial charge < -0.3 is 4.74 Å². The van der Waals surface area contributed by atoms with E-state index in [0.717, 1.165) is 11.3 Å². The summed E-state index contributed by atoms with van der Waals surface area (Å²) in [6.45, 7) is 7.84. The molecule has 1 unspecified atom stereocenters. The van der Waals surface area contributed by atoms with E-state index in [1.165, 1.54) is 0 Å². The van der Waals surface area contributed by atoms with Crippen LogP contribution in [0, 0.1) is 17.2 Å². The molecule has 0 aliphatic rings. The predicted molar refractivity (Wildman–Crippen MR) is 65.3 cm³/mol. The fraction of sp³-hybridized carbons (Fsp3) is 0.357. The first-order valence-electron chi connectivity index (χ1n) is 5.30. The molecule has 0 amide bonds. The average molecular weight is 215 g/mol. The molecule has 0 spiro atoms. The normalized spacial score (nSPS) is 13.9. The van der Waals surface area contributed by atoms with Gasteiger partial charge in [0.05, 0.1) is 13.2 Å². The number of nitrogens with zero attached hydrogens (tertiary/aromatic N) is 1. The Kier molecular flexibility index (Phi) is 3.73. The van der Waals surface area contributed by atoms with Crippen molar-refractivity contribution in [1.29, 1.82) is 5.26 Å². The lowest BCUT2D eigenvalue weighted by Crippen LogP contribution is -2.27. The van der Waals surface area contributed by atoms with E-state index in [4.69, 9.17) is 4.74 Å². The summed E-state index contributed by atoms with van der Waals surface area (Å²) in [5.74, 6) is 0.979. The molecule has 1 aromatic rings. The van der Waals surface area contributed by atoms with E-state index in [2.05, 4.69) is 12.6 Å². The summed E-state index contributed by atoms with van der Waals surface area (Å²) in [5.41, 5.74) is 0.340. The molecular formula is C14H17NO. The second kappa shape index (κ2) is 4.85. The van der Waals surface area contributed by atoms with Gasteiger partial charge in [-0.15, -0.1) is 6.58 Å². The fourth-order valence-corrected chi connectivity index (χ4v) is 1.79. The summed E-state index contributed by atoms with van der Waals surface area (Å²) in [4.78, 5) is 0. The summed E-state index contributed by atoms with van der Waals surface area (Å²) < 4.78 is 5.10. The highest BCUT2D eigenvalue weighted by molar-refractivity contribution is 5.41. The third kappa shape index (κ3) is 1.94. The molecule has 2 nitrogen and oxygen atoms in total. The van der Waals surface area contributed by atoms with Crippen LogP contribution in [0.5, 0.6) is 5.75 Å². The SMILES string of the molecule is C=CC(C#N)(c1ccc(OC)cc1)C(C)C. The van der Waals surface area contributed by atoms with Crippen LogP contribution in [0.3, 0.4) is 0 Å². The van der Waals surface area contributed by atoms with Crippen LogP contribution in [0.1, 0.15) is 19.4 Å². The van der Waals surface area contributed by atoms with Gasteiger partial charge in [0, 0.05) is 0 Å². The maximum atomic E-state index is 9.37. The highest BCUT2D eigenvalue weighted by atomic mass is 16.5. The van der Waals surface area contributed by atoms with Crippen molar-refractivity contribution in [2.75, 3.05) is 7.11 Å². The number of nitriles is 1. The molecule has 0 saturated carbocycles. The molecule has 1 atom stereocenters. The summed E-state index contributed by atoms with van der Waals surface area (Å²) in [7, 11) is 1.63. The van der Waals surface area contributed by atoms with Gasteiger partial charge in [0.2, 0.25) is 0 Å². The molecule has 0 aliphatic heterocycles. The average Bonchev–Trinajstić information content (AvgIpc) is 2.32. The van der Waals surface area contributed by atoms with Gasteiger partial charge in [0.25, 0.3) is 0 Å². The first-order valence-corrected chi connectivity index (χ1v) is 5.30. The van der Waals surface area contributed by atoms with Crippen LogP contribution in [0.2, 0.25) is 0 Å². The molecule has 2 heteroatoms. The molecule has 0 radical (unpaired) electrons. The van der Waals surface area contributed by atoms with E-state index in [0.29, 0.717) is 0 Å². The zero-order chi connectivity index (χ0) is 12.2. The Hall–Kier alpha value is -1.75. The molecule has 0 aromatic heterocycles. The van der Waals surface area contributed by atoms with Gasteiger partial charge in [-0.05, 0) is 23.6 Å². The van der Waals surface area contributed by atoms with Gasteiger partial charge in [-0.1, -0.05) is 32.1 Å². The standard InChI is InChI=1S/C14H17NO/c1-5-14(10-15,11(2)3)12-6-8-13(16-4)9-7-12/h5-9,11H,1H2,2-4H3. The van der Waals surface area contributed by atoms with Crippen LogP contribution in [-0.4, -0.2) is 7.11 Å². The predicted octanol–water partition coefficient (Wildman–Crippen LogP) is 3.30. The largest absolute Gasteiger partial charge is 0.497 e. The molecular weight excluding hydrogens is 198 g/mol. The van der Waals surface area contributed by atoms with E-state index in [-0.39, 0.29) is 5.92 Å². The molecule has 0 bridgehead atoms. The van der Waals surface area contributed by atoms with Crippen molar-refractivity contribution in [1.82, 2.24) is 0 Å². The lowest BCUT2D eigenvalue weighted by molar-refractivity contribution is 0.413. The minimum atomic E-state index is -0.619. The van der Waals surface area contributed by atoms with Gasteiger partial charge in [0.15, 0.2) is 0 Å². The number of ether oxygens (including phenoxy) is 1. The molecule has 0 aliphatic carbocycles. The van der Waals surface area contributed by atoms with Crippen molar-refractivity contribution in [3.63, 3.8) is 0 Å². The van der Waals surface area contributed by atoms with Crippen molar-refractivity contribution >= 4 is 0 Å². The second-order valence-corrected chi connectivity index (χ2v) is 4.07. The number of allylic oxidation sites excluding steroid dienone is 1. The van der Waals surface area contributed by atoms with Crippen LogP contribution in [0.15, 0.2) is 36.9 Å². The third-order valence-electron chi connectivity index (χ3n) is 2.99. The van der Waals surface area contributed by atoms with E-state index in [1.807, 2.05) is 38.1 Å². The Labute approximate surface area is 97.2 Å². The van der Waals surface area contributed by atoms with Crippen molar-refractivity contribution < 1.29 is 4.74 Å². The van der Waals surface area contributed by atoms with E-state index < -0.39 is 5.41 Å². The maximum absolute atomic E-state index is 9.37. The van der Waals surface area contributed by atoms with Gasteiger partial charge in [-0.2, -0.15) is 5.26 Å². The fourth-order valence-electron chi connectivity index (χ4n) is 1.79. The molecule has 0 N–H and O–H groups in total. The van der Waals surface area contributed by atoms with Crippen molar-refractivity contribution in [2.24, 2.45) is 5.92 Å². The molecule has 1 aromatic carbocycles. The quantitative estimate of drug-likeness (QED) is 0.722. The molecule has 84 valence electrons. The van der Waals surface area contributed by atoms with E-state index >= 15 is 0 Å². The van der Waals surface area contributed by atoms with Gasteiger partial charge in [0.1, 0.15) is 11.2 Å². The van der Waals surface area contributed by atoms with Crippen LogP contribution >= 0.6 is 0 Å². The van der Waals surface area contributed by atoms with Gasteiger partial charge >= 0.3 is 0 Å². The number of hydrogen-bond donors (Lipinski definition) is 0. The second-order valence-electron chi connectivity index (χ2n) is 4.07. The monoisotopic (exact) mass is 215 g/mol. The maximum Gasteiger partial charge on any atom is 0.118 e. The summed E-state index contributed by atoms with van der Waals surface area (Å²) in [6.07, 6.45) is 1.72. The molecule has 0 saturated heterocycles. The Morgan fingerprint density at radius 3 is 2.25 bits per heavy atom. The highest BCUT2D eigenvalue weighted by Gasteiger charge is 2.32. The van der Waals surface area contributed by atoms with Gasteiger partial charge in [-0.25, -0.2) is 0 Å². The Morgan fingerprint density at radius 1 is 1.38 bits per heavy atom. The van der Waals surface area contributed by atoms with Crippen LogP contribution in [0.25, 0.3) is 0 Å². The van der Waals surface area contributed by atoms with E-state index in [9.17, 15) is 5.26 Å². The molecule has 0 fully saturated rings. The Morgan fingerprint density at radius 2 is 1.94 bits per heavy atom. The third-order valence-corrected chi connectivity index (χ3v) is 2.99. The number of methoxy groups -OCH3 is 1. The van der Waals surface area contributed by atoms with Crippen LogP contribution in [0.4, 0.5) is 0 Å². The van der Waals surface area contributed by atoms with Crippen molar-refractivity contribution in [3.05, 3.63) is 42.5 Å². The number of benzene rings is 1. The zero-order valence-corrected chi connectivity index (χ0v) is 10.0. The smallest absolute Gasteiger partial charge is 0.118 e. The first kappa shape index (κ1) is 12.3. The first-order chi connectivity index (χ1) is 7.60. The topological polar surface area (TPSA) is 33.0 Å². The zero-order valence-electron chi connectivity index (χ0n) is 10.0. The molecule has 0 heterocycles. The van der Waals surface area contributed by atoms with Crippen molar-refractivity contribution in [2.45, 2.75) is 19.3 Å². The Bertz CT molecular complexity index is 400. The highest BCUT2D eigenvalue weighted by Crippen LogP contribution is 2.33. The molecule has 16 heavy (non-hydrogen) atoms. The van der Waals surface area contributed by atoms with E-state index in [1.54, 1.807) is 13.2 Å². The lowest BCUT2D eigenvalue weighted by atomic mass is 9.73. The van der Waals surface area contributed by atoms with Gasteiger partial charge in [-0.3, -0.25) is 0 Å². The summed E-state index contributed by atoms with van der Waals surface area (Å²) in [6, 6.07) is 9.94. The van der Waals surface area contributed by atoms with Crippen molar-refractivity contribution in [3.8, 4) is 11.8 Å². The number of hydrogen-bond acceptors (Lipinski definition) is 2.